The highest BCUT2D eigenvalue weighted by atomic mass is 79.9. The third-order valence-electron chi connectivity index (χ3n) is 2.57. The Morgan fingerprint density at radius 2 is 2.11 bits per heavy atom. The van der Waals surface area contributed by atoms with Gasteiger partial charge >= 0.3 is 6.01 Å². The monoisotopic (exact) mass is 324 g/mol. The zero-order valence-electron chi connectivity index (χ0n) is 11.2. The van der Waals surface area contributed by atoms with Gasteiger partial charge in [-0.1, -0.05) is 40.9 Å². The Hall–Kier alpha value is -1.40. The average molecular weight is 325 g/mol. The minimum Gasteiger partial charge on any atom is -0.406 e. The van der Waals surface area contributed by atoms with Crippen molar-refractivity contribution >= 4 is 27.6 Å². The maximum absolute atomic E-state index is 5.52. The Morgan fingerprint density at radius 1 is 1.32 bits per heavy atom. The lowest BCUT2D eigenvalue weighted by atomic mass is 10.2. The van der Waals surface area contributed by atoms with Crippen LogP contribution in [0.3, 0.4) is 0 Å². The summed E-state index contributed by atoms with van der Waals surface area (Å²) in [5.41, 5.74) is 2.06. The first-order valence-electron chi connectivity index (χ1n) is 6.13. The van der Waals surface area contributed by atoms with Gasteiger partial charge in [-0.15, -0.1) is 5.10 Å². The van der Waals surface area contributed by atoms with E-state index in [1.54, 1.807) is 0 Å². The van der Waals surface area contributed by atoms with Crippen LogP contribution in [0.25, 0.3) is 0 Å². The second-order valence-electron chi connectivity index (χ2n) is 4.62. The quantitative estimate of drug-likeness (QED) is 0.882. The number of halogens is 1. The van der Waals surface area contributed by atoms with E-state index in [2.05, 4.69) is 50.6 Å². The lowest BCUT2D eigenvalue weighted by Crippen LogP contribution is -2.21. The summed E-state index contributed by atoms with van der Waals surface area (Å²) >= 11 is 3.44. The van der Waals surface area contributed by atoms with E-state index in [4.69, 9.17) is 4.42 Å². The highest BCUT2D eigenvalue weighted by Crippen LogP contribution is 2.23. The van der Waals surface area contributed by atoms with Crippen molar-refractivity contribution in [2.45, 2.75) is 33.4 Å². The predicted octanol–water partition coefficient (Wildman–Crippen LogP) is 3.38. The van der Waals surface area contributed by atoms with E-state index in [1.807, 2.05) is 25.1 Å². The molecule has 1 aromatic heterocycles. The topological polar surface area (TPSA) is 63.0 Å². The lowest BCUT2D eigenvalue weighted by Gasteiger charge is -2.06. The molecule has 0 unspecified atom stereocenters. The van der Waals surface area contributed by atoms with Gasteiger partial charge in [0.15, 0.2) is 0 Å². The summed E-state index contributed by atoms with van der Waals surface area (Å²) in [6.45, 7) is 6.73. The molecule has 0 saturated carbocycles. The van der Waals surface area contributed by atoms with Gasteiger partial charge in [-0.3, -0.25) is 0 Å². The Morgan fingerprint density at radius 3 is 2.84 bits per heavy atom. The van der Waals surface area contributed by atoms with Crippen LogP contribution < -0.4 is 10.6 Å². The molecule has 0 atom stereocenters. The smallest absolute Gasteiger partial charge is 0.320 e. The van der Waals surface area contributed by atoms with Gasteiger partial charge in [-0.05, 0) is 24.6 Å². The van der Waals surface area contributed by atoms with E-state index in [9.17, 15) is 0 Å². The molecular weight excluding hydrogens is 308 g/mol. The van der Waals surface area contributed by atoms with Crippen molar-refractivity contribution in [1.29, 1.82) is 0 Å². The summed E-state index contributed by atoms with van der Waals surface area (Å²) in [4.78, 5) is 0. The van der Waals surface area contributed by atoms with Crippen molar-refractivity contribution in [3.63, 3.8) is 0 Å². The number of benzene rings is 1. The molecule has 0 aliphatic rings. The van der Waals surface area contributed by atoms with Crippen molar-refractivity contribution in [2.24, 2.45) is 0 Å². The zero-order chi connectivity index (χ0) is 13.8. The molecule has 1 aromatic carbocycles. The van der Waals surface area contributed by atoms with Gasteiger partial charge in [0.25, 0.3) is 0 Å². The van der Waals surface area contributed by atoms with E-state index in [0.717, 1.165) is 15.7 Å². The molecule has 1 heterocycles. The molecule has 2 rings (SSSR count). The summed E-state index contributed by atoms with van der Waals surface area (Å²) < 4.78 is 6.52. The molecular formula is C13H17BrN4O. The SMILES string of the molecule is Cc1ccc(Br)cc1Nc1nnc(CNC(C)C)o1. The first kappa shape index (κ1) is 14.0. The summed E-state index contributed by atoms with van der Waals surface area (Å²) in [7, 11) is 0. The largest absolute Gasteiger partial charge is 0.406 e. The van der Waals surface area contributed by atoms with Gasteiger partial charge < -0.3 is 15.1 Å². The van der Waals surface area contributed by atoms with Crippen molar-refractivity contribution in [2.75, 3.05) is 5.32 Å². The standard InChI is InChI=1S/C13H17BrN4O/c1-8(2)15-7-12-17-18-13(19-12)16-11-6-10(14)5-4-9(11)3/h4-6,8,15H,7H2,1-3H3,(H,16,18). The van der Waals surface area contributed by atoms with Gasteiger partial charge in [0.2, 0.25) is 5.89 Å². The van der Waals surface area contributed by atoms with Crippen molar-refractivity contribution in [3.05, 3.63) is 34.1 Å². The van der Waals surface area contributed by atoms with Crippen molar-refractivity contribution < 1.29 is 4.42 Å². The second-order valence-corrected chi connectivity index (χ2v) is 5.54. The van der Waals surface area contributed by atoms with Crippen LogP contribution in [0.15, 0.2) is 27.1 Å². The lowest BCUT2D eigenvalue weighted by molar-refractivity contribution is 0.460. The third-order valence-corrected chi connectivity index (χ3v) is 3.06. The molecule has 0 aliphatic heterocycles. The Balaban J connectivity index is 2.05. The van der Waals surface area contributed by atoms with Crippen LogP contribution in [-0.2, 0) is 6.54 Å². The molecule has 5 nitrogen and oxygen atoms in total. The number of anilines is 2. The number of aryl methyl sites for hydroxylation is 1. The van der Waals surface area contributed by atoms with Crippen LogP contribution in [0.2, 0.25) is 0 Å². The number of hydrogen-bond acceptors (Lipinski definition) is 5. The molecule has 0 amide bonds. The van der Waals surface area contributed by atoms with Gasteiger partial charge in [0.05, 0.1) is 6.54 Å². The molecule has 2 aromatic rings. The van der Waals surface area contributed by atoms with Crippen LogP contribution in [0.4, 0.5) is 11.7 Å². The summed E-state index contributed by atoms with van der Waals surface area (Å²) in [6.07, 6.45) is 0. The normalized spacial score (nSPS) is 11.0. The van der Waals surface area contributed by atoms with E-state index in [0.29, 0.717) is 24.5 Å². The van der Waals surface area contributed by atoms with E-state index in [-0.39, 0.29) is 0 Å². The predicted molar refractivity (Wildman–Crippen MR) is 78.4 cm³/mol. The molecule has 0 aliphatic carbocycles. The molecule has 6 heteroatoms. The number of nitrogens with zero attached hydrogens (tertiary/aromatic N) is 2. The maximum atomic E-state index is 5.52. The van der Waals surface area contributed by atoms with Gasteiger partial charge in [0, 0.05) is 16.2 Å². The van der Waals surface area contributed by atoms with Crippen molar-refractivity contribution in [1.82, 2.24) is 15.5 Å². The fraction of sp³-hybridized carbons (Fsp3) is 0.385. The Bertz CT molecular complexity index is 553. The number of hydrogen-bond donors (Lipinski definition) is 2. The first-order valence-corrected chi connectivity index (χ1v) is 6.93. The van der Waals surface area contributed by atoms with Crippen LogP contribution >= 0.6 is 15.9 Å². The average Bonchev–Trinajstić information content (AvgIpc) is 2.79. The Kier molecular flexibility index (Phi) is 4.55. The van der Waals surface area contributed by atoms with Gasteiger partial charge in [-0.25, -0.2) is 0 Å². The van der Waals surface area contributed by atoms with Crippen LogP contribution in [0.5, 0.6) is 0 Å². The third kappa shape index (κ3) is 4.04. The van der Waals surface area contributed by atoms with Crippen LogP contribution in [-0.4, -0.2) is 16.2 Å². The van der Waals surface area contributed by atoms with E-state index in [1.165, 1.54) is 0 Å². The number of rotatable bonds is 5. The Labute approximate surface area is 120 Å². The molecule has 0 bridgehead atoms. The molecule has 2 N–H and O–H groups in total. The molecule has 0 spiro atoms. The van der Waals surface area contributed by atoms with Crippen molar-refractivity contribution in [3.8, 4) is 0 Å². The number of nitrogens with one attached hydrogen (secondary N) is 2. The minimum absolute atomic E-state index is 0.385. The van der Waals surface area contributed by atoms with Crippen LogP contribution in [0, 0.1) is 6.92 Å². The van der Waals surface area contributed by atoms with Crippen LogP contribution in [0.1, 0.15) is 25.3 Å². The highest BCUT2D eigenvalue weighted by Gasteiger charge is 2.08. The minimum atomic E-state index is 0.385. The van der Waals surface area contributed by atoms with Gasteiger partial charge in [0.1, 0.15) is 0 Å². The van der Waals surface area contributed by atoms with Gasteiger partial charge in [-0.2, -0.15) is 0 Å². The molecule has 102 valence electrons. The van der Waals surface area contributed by atoms with E-state index >= 15 is 0 Å². The summed E-state index contributed by atoms with van der Waals surface area (Å²) in [5, 5.41) is 14.3. The fourth-order valence-corrected chi connectivity index (χ4v) is 1.87. The zero-order valence-corrected chi connectivity index (χ0v) is 12.8. The second kappa shape index (κ2) is 6.16. The molecule has 0 radical (unpaired) electrons. The summed E-state index contributed by atoms with van der Waals surface area (Å²) in [6, 6.07) is 6.78. The highest BCUT2D eigenvalue weighted by molar-refractivity contribution is 9.10. The molecule has 0 saturated heterocycles. The molecule has 0 fully saturated rings. The summed E-state index contributed by atoms with van der Waals surface area (Å²) in [5.74, 6) is 0.573. The first-order chi connectivity index (χ1) is 9.04. The van der Waals surface area contributed by atoms with E-state index < -0.39 is 0 Å². The number of aromatic nitrogens is 2. The maximum Gasteiger partial charge on any atom is 0.320 e. The fourth-order valence-electron chi connectivity index (χ4n) is 1.51. The molecule has 19 heavy (non-hydrogen) atoms.